The van der Waals surface area contributed by atoms with Crippen molar-refractivity contribution in [2.75, 3.05) is 18.5 Å². The fourth-order valence-corrected chi connectivity index (χ4v) is 4.13. The highest BCUT2D eigenvalue weighted by Crippen LogP contribution is 2.20. The lowest BCUT2D eigenvalue weighted by Crippen LogP contribution is -2.12. The van der Waals surface area contributed by atoms with Gasteiger partial charge in [-0.3, -0.25) is 4.79 Å². The van der Waals surface area contributed by atoms with Crippen molar-refractivity contribution in [1.29, 1.82) is 0 Å². The van der Waals surface area contributed by atoms with Gasteiger partial charge in [0.05, 0.1) is 18.8 Å². The summed E-state index contributed by atoms with van der Waals surface area (Å²) in [5.41, 5.74) is 1.57. The fraction of sp³-hybridized carbons (Fsp3) is 0.412. The molecule has 3 aromatic rings. The minimum Gasteiger partial charge on any atom is -0.494 e. The lowest BCUT2D eigenvalue weighted by atomic mass is 10.1. The molecule has 40 heavy (non-hydrogen) atoms. The molecule has 0 aromatic heterocycles. The van der Waals surface area contributed by atoms with Crippen LogP contribution >= 0.6 is 0 Å². The minimum absolute atomic E-state index is 0.250. The molecule has 0 aliphatic rings. The summed E-state index contributed by atoms with van der Waals surface area (Å²) in [6.07, 6.45) is 12.1. The molecule has 0 saturated heterocycles. The number of hydrogen-bond donors (Lipinski definition) is 1. The standard InChI is InChI=1S/C34H43NO5/c1-3-5-7-8-9-10-11-12-26-39-30-19-15-28(16-20-30)34(37)40-32-21-13-27(14-22-32)33(36)35-29-17-23-31(24-18-29)38-25-6-4-2/h13-24H,3-12,25-26H2,1-2H3,(H,35,36). The summed E-state index contributed by atoms with van der Waals surface area (Å²) < 4.78 is 16.9. The predicted octanol–water partition coefficient (Wildman–Crippen LogP) is 8.86. The molecule has 0 radical (unpaired) electrons. The van der Waals surface area contributed by atoms with Crippen LogP contribution in [0.4, 0.5) is 5.69 Å². The van der Waals surface area contributed by atoms with E-state index in [4.69, 9.17) is 14.2 Å². The topological polar surface area (TPSA) is 73.9 Å². The Hall–Kier alpha value is -3.80. The lowest BCUT2D eigenvalue weighted by Gasteiger charge is -2.09. The Morgan fingerprint density at radius 2 is 1.02 bits per heavy atom. The van der Waals surface area contributed by atoms with Gasteiger partial charge in [0.1, 0.15) is 17.2 Å². The normalized spacial score (nSPS) is 10.7. The van der Waals surface area contributed by atoms with Gasteiger partial charge >= 0.3 is 5.97 Å². The molecule has 3 rings (SSSR count). The second-order valence-corrected chi connectivity index (χ2v) is 9.94. The van der Waals surface area contributed by atoms with E-state index in [-0.39, 0.29) is 5.91 Å². The van der Waals surface area contributed by atoms with E-state index in [1.165, 1.54) is 44.9 Å². The number of ether oxygens (including phenoxy) is 3. The van der Waals surface area contributed by atoms with Gasteiger partial charge in [0.2, 0.25) is 0 Å². The minimum atomic E-state index is -0.465. The molecule has 3 aromatic carbocycles. The molecule has 1 amide bonds. The van der Waals surface area contributed by atoms with E-state index in [9.17, 15) is 9.59 Å². The van der Waals surface area contributed by atoms with Gasteiger partial charge < -0.3 is 19.5 Å². The SMILES string of the molecule is CCCCCCCCCCOc1ccc(C(=O)Oc2ccc(C(=O)Nc3ccc(OCCCC)cc3)cc2)cc1. The van der Waals surface area contributed by atoms with E-state index < -0.39 is 5.97 Å². The lowest BCUT2D eigenvalue weighted by molar-refractivity contribution is 0.0734. The number of unbranched alkanes of at least 4 members (excludes halogenated alkanes) is 8. The summed E-state index contributed by atoms with van der Waals surface area (Å²) in [7, 11) is 0. The Balaban J connectivity index is 1.38. The van der Waals surface area contributed by atoms with Crippen molar-refractivity contribution >= 4 is 17.6 Å². The maximum Gasteiger partial charge on any atom is 0.343 e. The number of amides is 1. The monoisotopic (exact) mass is 545 g/mol. The number of anilines is 1. The van der Waals surface area contributed by atoms with E-state index in [1.54, 1.807) is 48.5 Å². The summed E-state index contributed by atoms with van der Waals surface area (Å²) in [5, 5.41) is 2.86. The molecule has 0 fully saturated rings. The first-order chi connectivity index (χ1) is 19.6. The summed E-state index contributed by atoms with van der Waals surface area (Å²) in [6.45, 7) is 5.71. The van der Waals surface area contributed by atoms with Crippen molar-refractivity contribution < 1.29 is 23.8 Å². The van der Waals surface area contributed by atoms with Crippen LogP contribution in [0.1, 0.15) is 98.8 Å². The number of nitrogens with one attached hydrogen (secondary N) is 1. The van der Waals surface area contributed by atoms with Gasteiger partial charge in [0.25, 0.3) is 5.91 Å². The van der Waals surface area contributed by atoms with Gasteiger partial charge in [-0.15, -0.1) is 0 Å². The number of esters is 1. The predicted molar refractivity (Wildman–Crippen MR) is 161 cm³/mol. The molecule has 214 valence electrons. The number of hydrogen-bond acceptors (Lipinski definition) is 5. The number of rotatable bonds is 18. The molecule has 6 heteroatoms. The average molecular weight is 546 g/mol. The number of benzene rings is 3. The Bertz CT molecular complexity index is 1140. The molecule has 0 saturated carbocycles. The van der Waals surface area contributed by atoms with E-state index in [0.29, 0.717) is 35.8 Å². The Morgan fingerprint density at radius 3 is 1.62 bits per heavy atom. The van der Waals surface area contributed by atoms with Crippen molar-refractivity contribution in [2.45, 2.75) is 78.1 Å². The molecule has 0 spiro atoms. The van der Waals surface area contributed by atoms with Gasteiger partial charge in [-0.25, -0.2) is 4.79 Å². The van der Waals surface area contributed by atoms with Crippen LogP contribution in [0.3, 0.4) is 0 Å². The highest BCUT2D eigenvalue weighted by atomic mass is 16.5. The van der Waals surface area contributed by atoms with Gasteiger partial charge in [0.15, 0.2) is 0 Å². The van der Waals surface area contributed by atoms with Crippen LogP contribution in [0.15, 0.2) is 72.8 Å². The van der Waals surface area contributed by atoms with Gasteiger partial charge in [0, 0.05) is 11.3 Å². The molecule has 0 aliphatic carbocycles. The zero-order valence-corrected chi connectivity index (χ0v) is 24.0. The van der Waals surface area contributed by atoms with Crippen LogP contribution < -0.4 is 19.5 Å². The fourth-order valence-electron chi connectivity index (χ4n) is 4.13. The van der Waals surface area contributed by atoms with Crippen LogP contribution in [0.2, 0.25) is 0 Å². The van der Waals surface area contributed by atoms with Crippen LogP contribution in [-0.4, -0.2) is 25.1 Å². The zero-order chi connectivity index (χ0) is 28.4. The van der Waals surface area contributed by atoms with Crippen LogP contribution in [0.5, 0.6) is 17.2 Å². The summed E-state index contributed by atoms with van der Waals surface area (Å²) >= 11 is 0. The molecule has 0 aliphatic heterocycles. The van der Waals surface area contributed by atoms with Crippen LogP contribution in [0, 0.1) is 0 Å². The highest BCUT2D eigenvalue weighted by Gasteiger charge is 2.11. The van der Waals surface area contributed by atoms with Gasteiger partial charge in [-0.1, -0.05) is 65.2 Å². The van der Waals surface area contributed by atoms with Crippen molar-refractivity contribution in [1.82, 2.24) is 0 Å². The van der Waals surface area contributed by atoms with Gasteiger partial charge in [-0.05, 0) is 85.6 Å². The van der Waals surface area contributed by atoms with E-state index in [0.717, 1.165) is 30.8 Å². The second-order valence-electron chi connectivity index (χ2n) is 9.94. The Labute approximate surface area is 239 Å². The van der Waals surface area contributed by atoms with Crippen LogP contribution in [0.25, 0.3) is 0 Å². The number of carbonyl (C=O) groups excluding carboxylic acids is 2. The molecular formula is C34H43NO5. The first-order valence-electron chi connectivity index (χ1n) is 14.7. The molecule has 6 nitrogen and oxygen atoms in total. The first-order valence-corrected chi connectivity index (χ1v) is 14.7. The number of carbonyl (C=O) groups is 2. The van der Waals surface area contributed by atoms with Crippen molar-refractivity contribution in [3.63, 3.8) is 0 Å². The second kappa shape index (κ2) is 17.7. The highest BCUT2D eigenvalue weighted by molar-refractivity contribution is 6.04. The largest absolute Gasteiger partial charge is 0.494 e. The first kappa shape index (κ1) is 30.7. The summed E-state index contributed by atoms with van der Waals surface area (Å²) in [5.74, 6) is 1.17. The van der Waals surface area contributed by atoms with E-state index >= 15 is 0 Å². The molecule has 0 bridgehead atoms. The summed E-state index contributed by atoms with van der Waals surface area (Å²) in [4.78, 5) is 25.2. The van der Waals surface area contributed by atoms with Gasteiger partial charge in [-0.2, -0.15) is 0 Å². The average Bonchev–Trinajstić information content (AvgIpc) is 2.98. The van der Waals surface area contributed by atoms with Crippen molar-refractivity contribution in [3.05, 3.63) is 83.9 Å². The quantitative estimate of drug-likeness (QED) is 0.0982. The maximum absolute atomic E-state index is 12.6. The third-order valence-corrected chi connectivity index (χ3v) is 6.56. The molecule has 1 N–H and O–H groups in total. The molecule has 0 atom stereocenters. The zero-order valence-electron chi connectivity index (χ0n) is 24.0. The van der Waals surface area contributed by atoms with Crippen molar-refractivity contribution in [2.24, 2.45) is 0 Å². The summed E-state index contributed by atoms with van der Waals surface area (Å²) in [6, 6.07) is 20.7. The Kier molecular flexibility index (Phi) is 13.6. The molecular weight excluding hydrogens is 502 g/mol. The van der Waals surface area contributed by atoms with E-state index in [2.05, 4.69) is 19.2 Å². The third-order valence-electron chi connectivity index (χ3n) is 6.56. The van der Waals surface area contributed by atoms with E-state index in [1.807, 2.05) is 24.3 Å². The molecule has 0 unspecified atom stereocenters. The third kappa shape index (κ3) is 11.1. The van der Waals surface area contributed by atoms with Crippen LogP contribution in [-0.2, 0) is 0 Å². The van der Waals surface area contributed by atoms with Crippen molar-refractivity contribution in [3.8, 4) is 17.2 Å². The smallest absolute Gasteiger partial charge is 0.343 e. The molecule has 0 heterocycles. The Morgan fingerprint density at radius 1 is 0.550 bits per heavy atom. The maximum atomic E-state index is 12.6.